The van der Waals surface area contributed by atoms with Gasteiger partial charge in [0, 0.05) is 6.04 Å². The van der Waals surface area contributed by atoms with E-state index in [4.69, 9.17) is 0 Å². The van der Waals surface area contributed by atoms with Crippen LogP contribution in [0.1, 0.15) is 31.2 Å². The van der Waals surface area contributed by atoms with Crippen molar-refractivity contribution in [2.24, 2.45) is 0 Å². The number of amides is 1. The Labute approximate surface area is 133 Å². The van der Waals surface area contributed by atoms with Gasteiger partial charge in [-0.05, 0) is 31.4 Å². The van der Waals surface area contributed by atoms with Crippen molar-refractivity contribution in [3.63, 3.8) is 0 Å². The maximum absolute atomic E-state index is 11.9. The fraction of sp³-hybridized carbons (Fsp3) is 0.312. The summed E-state index contributed by atoms with van der Waals surface area (Å²) in [4.78, 5) is 16.3. The maximum Gasteiger partial charge on any atom is 0.233 e. The highest BCUT2D eigenvalue weighted by Crippen LogP contribution is 2.23. The van der Waals surface area contributed by atoms with Gasteiger partial charge >= 0.3 is 0 Å². The van der Waals surface area contributed by atoms with Crippen LogP contribution in [-0.4, -0.2) is 32.4 Å². The minimum absolute atomic E-state index is 0.0543. The molecule has 114 valence electrons. The molecule has 1 aliphatic rings. The first kappa shape index (κ1) is 14.8. The molecule has 0 radical (unpaired) electrons. The van der Waals surface area contributed by atoms with E-state index in [2.05, 4.69) is 20.5 Å². The number of hydrogen-bond donors (Lipinski definition) is 2. The van der Waals surface area contributed by atoms with Crippen LogP contribution in [0.3, 0.4) is 0 Å². The molecule has 1 fully saturated rings. The summed E-state index contributed by atoms with van der Waals surface area (Å²) in [5.74, 6) is 0.736. The van der Waals surface area contributed by atoms with Crippen molar-refractivity contribution in [2.75, 3.05) is 0 Å². The van der Waals surface area contributed by atoms with Crippen LogP contribution in [0.5, 0.6) is 0 Å². The number of hydrogen-bond acceptors (Lipinski definition) is 4. The van der Waals surface area contributed by atoms with Crippen molar-refractivity contribution in [3.8, 4) is 0 Å². The lowest BCUT2D eigenvalue weighted by molar-refractivity contribution is -0.120. The Morgan fingerprint density at radius 1 is 1.36 bits per heavy atom. The van der Waals surface area contributed by atoms with Crippen LogP contribution < -0.4 is 5.32 Å². The lowest BCUT2D eigenvalue weighted by atomic mass is 10.2. The Morgan fingerprint density at radius 2 is 2.14 bits per heavy atom. The molecule has 3 rings (SSSR count). The molecule has 1 unspecified atom stereocenters. The molecule has 1 saturated carbocycles. The topological polar surface area (TPSA) is 70.7 Å². The number of aromatic nitrogens is 3. The predicted molar refractivity (Wildman–Crippen MR) is 88.2 cm³/mol. The highest BCUT2D eigenvalue weighted by molar-refractivity contribution is 8.00. The molecule has 1 aliphatic carbocycles. The molecule has 0 bridgehead atoms. The van der Waals surface area contributed by atoms with Crippen molar-refractivity contribution in [1.29, 1.82) is 0 Å². The number of thioether (sulfide) groups is 1. The first-order chi connectivity index (χ1) is 10.7. The van der Waals surface area contributed by atoms with Gasteiger partial charge in [-0.25, -0.2) is 4.98 Å². The lowest BCUT2D eigenvalue weighted by Gasteiger charge is -2.08. The molecule has 1 atom stereocenters. The standard InChI is InChI=1S/C16H18N4OS/c1-11(15(21)17-13-8-9-13)22-16-18-14(19-20-16)10-7-12-5-3-2-4-6-12/h2-7,10-11,13H,8-9H2,1H3,(H,17,21)(H,18,19,20)/b10-7+. The lowest BCUT2D eigenvalue weighted by Crippen LogP contribution is -2.32. The van der Waals surface area contributed by atoms with Gasteiger partial charge in [0.05, 0.1) is 5.25 Å². The van der Waals surface area contributed by atoms with Crippen molar-refractivity contribution in [1.82, 2.24) is 20.5 Å². The number of benzene rings is 1. The molecular weight excluding hydrogens is 296 g/mol. The average Bonchev–Trinajstić information content (AvgIpc) is 3.23. The Bertz CT molecular complexity index is 664. The molecule has 2 aromatic rings. The fourth-order valence-electron chi connectivity index (χ4n) is 1.88. The van der Waals surface area contributed by atoms with Gasteiger partial charge in [0.15, 0.2) is 0 Å². The minimum Gasteiger partial charge on any atom is -0.352 e. The van der Waals surface area contributed by atoms with Gasteiger partial charge in [-0.2, -0.15) is 0 Å². The zero-order chi connectivity index (χ0) is 15.4. The zero-order valence-electron chi connectivity index (χ0n) is 12.3. The largest absolute Gasteiger partial charge is 0.352 e. The molecule has 0 aliphatic heterocycles. The van der Waals surface area contributed by atoms with E-state index in [1.807, 2.05) is 49.4 Å². The van der Waals surface area contributed by atoms with E-state index >= 15 is 0 Å². The Hall–Kier alpha value is -2.08. The number of carbonyl (C=O) groups is 1. The summed E-state index contributed by atoms with van der Waals surface area (Å²) in [5.41, 5.74) is 1.10. The monoisotopic (exact) mass is 314 g/mol. The summed E-state index contributed by atoms with van der Waals surface area (Å²) in [7, 11) is 0. The Balaban J connectivity index is 1.56. The van der Waals surface area contributed by atoms with E-state index < -0.39 is 0 Å². The van der Waals surface area contributed by atoms with E-state index in [1.165, 1.54) is 11.8 Å². The molecule has 5 nitrogen and oxygen atoms in total. The molecule has 0 saturated heterocycles. The number of rotatable bonds is 6. The SMILES string of the molecule is CC(Sc1n[nH]c(/C=C/c2ccccc2)n1)C(=O)NC1CC1. The molecule has 1 aromatic carbocycles. The second kappa shape index (κ2) is 6.79. The van der Waals surface area contributed by atoms with E-state index in [1.54, 1.807) is 0 Å². The molecular formula is C16H18N4OS. The van der Waals surface area contributed by atoms with Crippen LogP contribution in [-0.2, 0) is 4.79 Å². The van der Waals surface area contributed by atoms with E-state index in [0.717, 1.165) is 18.4 Å². The van der Waals surface area contributed by atoms with Crippen molar-refractivity contribution >= 4 is 29.8 Å². The van der Waals surface area contributed by atoms with Gasteiger partial charge < -0.3 is 5.32 Å². The van der Waals surface area contributed by atoms with Gasteiger partial charge in [0.2, 0.25) is 11.1 Å². The number of nitrogens with zero attached hydrogens (tertiary/aromatic N) is 2. The van der Waals surface area contributed by atoms with Crippen LogP contribution in [0.25, 0.3) is 12.2 Å². The van der Waals surface area contributed by atoms with Crippen molar-refractivity contribution < 1.29 is 4.79 Å². The summed E-state index contributed by atoms with van der Waals surface area (Å²) in [6.07, 6.45) is 6.04. The maximum atomic E-state index is 11.9. The summed E-state index contributed by atoms with van der Waals surface area (Å²) >= 11 is 1.36. The average molecular weight is 314 g/mol. The highest BCUT2D eigenvalue weighted by Gasteiger charge is 2.26. The third-order valence-electron chi connectivity index (χ3n) is 3.29. The third-order valence-corrected chi connectivity index (χ3v) is 4.25. The second-order valence-corrected chi connectivity index (χ2v) is 6.60. The highest BCUT2D eigenvalue weighted by atomic mass is 32.2. The first-order valence-corrected chi connectivity index (χ1v) is 8.21. The first-order valence-electron chi connectivity index (χ1n) is 7.33. The summed E-state index contributed by atoms with van der Waals surface area (Å²) < 4.78 is 0. The van der Waals surface area contributed by atoms with Crippen molar-refractivity contribution in [3.05, 3.63) is 41.7 Å². The normalized spacial score (nSPS) is 15.9. The van der Waals surface area contributed by atoms with Gasteiger partial charge in [0.25, 0.3) is 0 Å². The Kier molecular flexibility index (Phi) is 4.58. The fourth-order valence-corrected chi connectivity index (χ4v) is 2.62. The van der Waals surface area contributed by atoms with E-state index in [0.29, 0.717) is 17.0 Å². The van der Waals surface area contributed by atoms with Gasteiger partial charge in [0.1, 0.15) is 5.82 Å². The van der Waals surface area contributed by atoms with Gasteiger partial charge in [-0.3, -0.25) is 9.89 Å². The Morgan fingerprint density at radius 3 is 2.86 bits per heavy atom. The molecule has 1 heterocycles. The number of carbonyl (C=O) groups excluding carboxylic acids is 1. The molecule has 1 aromatic heterocycles. The minimum atomic E-state index is -0.192. The van der Waals surface area contributed by atoms with Crippen molar-refractivity contribution in [2.45, 2.75) is 36.2 Å². The summed E-state index contributed by atoms with van der Waals surface area (Å²) in [5, 5.41) is 10.4. The smallest absolute Gasteiger partial charge is 0.233 e. The summed E-state index contributed by atoms with van der Waals surface area (Å²) in [6.45, 7) is 1.87. The molecule has 0 spiro atoms. The van der Waals surface area contributed by atoms with Crippen LogP contribution in [0, 0.1) is 0 Å². The third kappa shape index (κ3) is 4.21. The second-order valence-electron chi connectivity index (χ2n) is 5.29. The number of nitrogens with one attached hydrogen (secondary N) is 2. The van der Waals surface area contributed by atoms with Crippen LogP contribution >= 0.6 is 11.8 Å². The molecule has 1 amide bonds. The molecule has 2 N–H and O–H groups in total. The van der Waals surface area contributed by atoms with Gasteiger partial charge in [-0.1, -0.05) is 48.2 Å². The zero-order valence-corrected chi connectivity index (χ0v) is 13.1. The number of H-pyrrole nitrogens is 1. The quantitative estimate of drug-likeness (QED) is 0.804. The van der Waals surface area contributed by atoms with E-state index in [-0.39, 0.29) is 11.2 Å². The molecule has 22 heavy (non-hydrogen) atoms. The van der Waals surface area contributed by atoms with Crippen LogP contribution in [0.4, 0.5) is 0 Å². The molecule has 6 heteroatoms. The summed E-state index contributed by atoms with van der Waals surface area (Å²) in [6, 6.07) is 10.4. The number of aromatic amines is 1. The van der Waals surface area contributed by atoms with Crippen LogP contribution in [0.15, 0.2) is 35.5 Å². The van der Waals surface area contributed by atoms with E-state index in [9.17, 15) is 4.79 Å². The van der Waals surface area contributed by atoms with Crippen LogP contribution in [0.2, 0.25) is 0 Å². The predicted octanol–water partition coefficient (Wildman–Crippen LogP) is 2.73. The van der Waals surface area contributed by atoms with Gasteiger partial charge in [-0.15, -0.1) is 5.10 Å².